The third kappa shape index (κ3) is 9.17. The van der Waals surface area contributed by atoms with Gasteiger partial charge >= 0.3 is 24.5 Å². The fourth-order valence-corrected chi connectivity index (χ4v) is 7.06. The summed E-state index contributed by atoms with van der Waals surface area (Å²) in [5.41, 5.74) is -2.21. The predicted octanol–water partition coefficient (Wildman–Crippen LogP) is 6.96. The molecule has 4 aromatic carbocycles. The summed E-state index contributed by atoms with van der Waals surface area (Å²) < 4.78 is 87.1. The van der Waals surface area contributed by atoms with Crippen LogP contribution in [0.15, 0.2) is 91.0 Å². The number of rotatable bonds is 10. The quantitative estimate of drug-likeness (QED) is 0.169. The van der Waals surface area contributed by atoms with Crippen LogP contribution >= 0.6 is 0 Å². The summed E-state index contributed by atoms with van der Waals surface area (Å²) in [5.74, 6) is -1.93. The van der Waals surface area contributed by atoms with Crippen molar-refractivity contribution in [1.82, 2.24) is 25.3 Å². The summed E-state index contributed by atoms with van der Waals surface area (Å²) in [6.45, 7) is 0.564. The SMILES string of the molecule is CCCNC(=O)NC[C@H]1C(=O)N(Cc2ccccc2)C[C@@H]2N(C(=O)OCc3cc(C(F)(F)F)cc(C(F)(F)F)c3)C[C@H](Cc3ccc4ccccc4c3)C(=O)N21. The molecule has 16 heteroatoms. The third-order valence-corrected chi connectivity index (χ3v) is 9.77. The number of benzene rings is 4. The molecule has 2 N–H and O–H groups in total. The Morgan fingerprint density at radius 2 is 1.41 bits per heavy atom. The van der Waals surface area contributed by atoms with Crippen LogP contribution in [0.4, 0.5) is 35.9 Å². The number of alkyl halides is 6. The molecule has 0 saturated carbocycles. The first-order valence-corrected chi connectivity index (χ1v) is 18.0. The summed E-state index contributed by atoms with van der Waals surface area (Å²) in [4.78, 5) is 59.3. The molecule has 2 fully saturated rings. The molecule has 2 aliphatic heterocycles. The first kappa shape index (κ1) is 39.9. The number of hydrogen-bond acceptors (Lipinski definition) is 5. The number of carbonyl (C=O) groups is 4. The molecule has 0 unspecified atom stereocenters. The van der Waals surface area contributed by atoms with Crippen molar-refractivity contribution in [3.63, 3.8) is 0 Å². The minimum absolute atomic E-state index is 0.0200. The van der Waals surface area contributed by atoms with Gasteiger partial charge in [-0.1, -0.05) is 79.7 Å². The van der Waals surface area contributed by atoms with Gasteiger partial charge in [-0.3, -0.25) is 14.5 Å². The van der Waals surface area contributed by atoms with Crippen LogP contribution in [0, 0.1) is 5.92 Å². The summed E-state index contributed by atoms with van der Waals surface area (Å²) in [6, 6.07) is 21.1. The van der Waals surface area contributed by atoms with E-state index >= 15 is 0 Å². The third-order valence-electron chi connectivity index (χ3n) is 9.77. The first-order chi connectivity index (χ1) is 26.6. The zero-order valence-electron chi connectivity index (χ0n) is 30.2. The molecular weight excluding hydrogens is 744 g/mol. The monoisotopic (exact) mass is 783 g/mol. The maximum absolute atomic E-state index is 14.5. The summed E-state index contributed by atoms with van der Waals surface area (Å²) >= 11 is 0. The van der Waals surface area contributed by atoms with E-state index in [1.807, 2.05) is 49.4 Å². The second-order valence-corrected chi connectivity index (χ2v) is 13.8. The van der Waals surface area contributed by atoms with E-state index in [1.54, 1.807) is 30.3 Å². The Morgan fingerprint density at radius 1 is 0.750 bits per heavy atom. The highest BCUT2D eigenvalue weighted by atomic mass is 19.4. The molecule has 2 heterocycles. The molecule has 3 atom stereocenters. The van der Waals surface area contributed by atoms with Crippen LogP contribution in [-0.2, 0) is 46.3 Å². The highest BCUT2D eigenvalue weighted by Crippen LogP contribution is 2.37. The maximum atomic E-state index is 14.5. The topological polar surface area (TPSA) is 111 Å². The summed E-state index contributed by atoms with van der Waals surface area (Å²) in [6.07, 6.45) is -11.8. The Hall–Kier alpha value is -5.80. The van der Waals surface area contributed by atoms with E-state index in [0.717, 1.165) is 21.9 Å². The van der Waals surface area contributed by atoms with Gasteiger partial charge in [0.1, 0.15) is 18.8 Å². The molecule has 0 aliphatic carbocycles. The van der Waals surface area contributed by atoms with Crippen LogP contribution in [0.1, 0.15) is 41.2 Å². The van der Waals surface area contributed by atoms with Gasteiger partial charge in [0.15, 0.2) is 0 Å². The lowest BCUT2D eigenvalue weighted by molar-refractivity contribution is -0.172. The summed E-state index contributed by atoms with van der Waals surface area (Å²) in [5, 5.41) is 7.16. The van der Waals surface area contributed by atoms with Crippen molar-refractivity contribution in [3.8, 4) is 0 Å². The van der Waals surface area contributed by atoms with E-state index < -0.39 is 77.7 Å². The minimum Gasteiger partial charge on any atom is -0.444 e. The average Bonchev–Trinajstić information content (AvgIpc) is 3.16. The number of fused-ring (bicyclic) bond motifs is 2. The number of nitrogens with one attached hydrogen (secondary N) is 2. The normalized spacial score (nSPS) is 18.8. The maximum Gasteiger partial charge on any atom is 0.416 e. The molecule has 4 aromatic rings. The number of nitrogens with zero attached hydrogens (tertiary/aromatic N) is 3. The number of hydrogen-bond donors (Lipinski definition) is 2. The van der Waals surface area contributed by atoms with Crippen LogP contribution in [-0.4, -0.2) is 77.0 Å². The van der Waals surface area contributed by atoms with Gasteiger partial charge in [-0.25, -0.2) is 9.59 Å². The lowest BCUT2D eigenvalue weighted by atomic mass is 9.91. The molecule has 0 radical (unpaired) electrons. The van der Waals surface area contributed by atoms with E-state index in [1.165, 1.54) is 14.7 Å². The second kappa shape index (κ2) is 16.5. The van der Waals surface area contributed by atoms with E-state index in [0.29, 0.717) is 25.1 Å². The van der Waals surface area contributed by atoms with Gasteiger partial charge in [0.05, 0.1) is 23.6 Å². The molecule has 0 bridgehead atoms. The standard InChI is InChI=1S/C40H39F6N5O5/c1-2-14-47-37(54)48-20-33-36(53)49(21-25-8-4-3-5-9-25)23-34-50(38(55)56-24-27-17-31(39(41,42)43)19-32(18-27)40(44,45)46)22-30(35(52)51(33)34)16-26-12-13-28-10-6-7-11-29(28)15-26/h3-13,15,17-19,30,33-34H,2,14,16,20-24H2,1H3,(H2,47,48,54)/t30-,33-,34+/m0/s1. The number of amides is 5. The predicted molar refractivity (Wildman–Crippen MR) is 192 cm³/mol. The van der Waals surface area contributed by atoms with Crippen molar-refractivity contribution in [3.05, 3.63) is 119 Å². The van der Waals surface area contributed by atoms with Crippen molar-refractivity contribution in [2.24, 2.45) is 5.92 Å². The lowest BCUT2D eigenvalue weighted by Crippen LogP contribution is -2.74. The second-order valence-electron chi connectivity index (χ2n) is 13.8. The Morgan fingerprint density at radius 3 is 2.07 bits per heavy atom. The van der Waals surface area contributed by atoms with Crippen molar-refractivity contribution < 1.29 is 50.3 Å². The van der Waals surface area contributed by atoms with E-state index in [9.17, 15) is 45.5 Å². The molecule has 296 valence electrons. The minimum atomic E-state index is -5.11. The van der Waals surface area contributed by atoms with Crippen molar-refractivity contribution in [2.45, 2.75) is 57.5 Å². The zero-order chi connectivity index (χ0) is 40.2. The highest BCUT2D eigenvalue weighted by Gasteiger charge is 2.52. The number of halogens is 6. The highest BCUT2D eigenvalue weighted by molar-refractivity contribution is 5.92. The number of carbonyl (C=O) groups excluding carboxylic acids is 4. The number of piperazine rings is 1. The Balaban J connectivity index is 1.35. The number of urea groups is 1. The van der Waals surface area contributed by atoms with Gasteiger partial charge in [0, 0.05) is 26.2 Å². The van der Waals surface area contributed by atoms with Gasteiger partial charge in [0.2, 0.25) is 11.8 Å². The molecule has 2 aliphatic rings. The van der Waals surface area contributed by atoms with Gasteiger partial charge < -0.3 is 25.2 Å². The fourth-order valence-electron chi connectivity index (χ4n) is 7.06. The molecule has 56 heavy (non-hydrogen) atoms. The van der Waals surface area contributed by atoms with E-state index in [-0.39, 0.29) is 38.7 Å². The van der Waals surface area contributed by atoms with Gasteiger partial charge in [-0.2, -0.15) is 26.3 Å². The van der Waals surface area contributed by atoms with Crippen molar-refractivity contribution >= 4 is 34.7 Å². The van der Waals surface area contributed by atoms with Crippen LogP contribution < -0.4 is 10.6 Å². The molecule has 0 spiro atoms. The molecule has 2 saturated heterocycles. The van der Waals surface area contributed by atoms with Crippen LogP contribution in [0.2, 0.25) is 0 Å². The molecule has 6 rings (SSSR count). The molecule has 0 aromatic heterocycles. The van der Waals surface area contributed by atoms with Gasteiger partial charge in [-0.05, 0) is 58.5 Å². The van der Waals surface area contributed by atoms with Crippen LogP contribution in [0.3, 0.4) is 0 Å². The summed E-state index contributed by atoms with van der Waals surface area (Å²) in [7, 11) is 0. The van der Waals surface area contributed by atoms with Gasteiger partial charge in [0.25, 0.3) is 0 Å². The first-order valence-electron chi connectivity index (χ1n) is 18.0. The molecule has 5 amide bonds. The van der Waals surface area contributed by atoms with E-state index in [4.69, 9.17) is 4.74 Å². The Labute approximate surface area is 318 Å². The van der Waals surface area contributed by atoms with Crippen molar-refractivity contribution in [1.29, 1.82) is 0 Å². The fraction of sp³-hybridized carbons (Fsp3) is 0.350. The molecular formula is C40H39F6N5O5. The smallest absolute Gasteiger partial charge is 0.416 e. The molecule has 10 nitrogen and oxygen atoms in total. The van der Waals surface area contributed by atoms with Crippen molar-refractivity contribution in [2.75, 3.05) is 26.2 Å². The largest absolute Gasteiger partial charge is 0.444 e. The van der Waals surface area contributed by atoms with E-state index in [2.05, 4.69) is 10.6 Å². The lowest BCUT2D eigenvalue weighted by Gasteiger charge is -2.53. The van der Waals surface area contributed by atoms with Crippen LogP contribution in [0.25, 0.3) is 10.8 Å². The van der Waals surface area contributed by atoms with Gasteiger partial charge in [-0.15, -0.1) is 0 Å². The average molecular weight is 784 g/mol. The number of ether oxygens (including phenoxy) is 1. The zero-order valence-corrected chi connectivity index (χ0v) is 30.2. The van der Waals surface area contributed by atoms with Crippen LogP contribution in [0.5, 0.6) is 0 Å². The Kier molecular flexibility index (Phi) is 11.8. The Bertz CT molecular complexity index is 2050.